The summed E-state index contributed by atoms with van der Waals surface area (Å²) in [4.78, 5) is 2.26. The van der Waals surface area contributed by atoms with Crippen LogP contribution in [0.25, 0.3) is 0 Å². The van der Waals surface area contributed by atoms with Crippen molar-refractivity contribution < 1.29 is 8.78 Å². The van der Waals surface area contributed by atoms with Crippen molar-refractivity contribution in [3.8, 4) is 0 Å². The van der Waals surface area contributed by atoms with Gasteiger partial charge in [0.15, 0.2) is 11.6 Å². The van der Waals surface area contributed by atoms with Crippen molar-refractivity contribution in [3.63, 3.8) is 0 Å². The molecular formula is C22H22F2N2. The molecule has 4 rings (SSSR count). The Balaban J connectivity index is 1.81. The third kappa shape index (κ3) is 3.06. The highest BCUT2D eigenvalue weighted by Crippen LogP contribution is 2.35. The average molecular weight is 352 g/mol. The molecule has 0 amide bonds. The topological polar surface area (TPSA) is 8.17 Å². The highest BCUT2D eigenvalue weighted by molar-refractivity contribution is 5.33. The Morgan fingerprint density at radius 2 is 1.81 bits per heavy atom. The van der Waals surface area contributed by atoms with E-state index in [9.17, 15) is 8.78 Å². The predicted molar refractivity (Wildman–Crippen MR) is 98.8 cm³/mol. The fraction of sp³-hybridized carbons (Fsp3) is 0.273. The van der Waals surface area contributed by atoms with Gasteiger partial charge in [-0.1, -0.05) is 36.4 Å². The van der Waals surface area contributed by atoms with E-state index < -0.39 is 11.6 Å². The molecule has 0 aliphatic carbocycles. The van der Waals surface area contributed by atoms with Gasteiger partial charge in [-0.25, -0.2) is 8.78 Å². The molecule has 2 nitrogen and oxygen atoms in total. The van der Waals surface area contributed by atoms with Crippen LogP contribution in [0.4, 0.5) is 8.78 Å². The lowest BCUT2D eigenvalue weighted by molar-refractivity contribution is 0.215. The number of rotatable bonds is 3. The van der Waals surface area contributed by atoms with E-state index in [-0.39, 0.29) is 6.04 Å². The fourth-order valence-corrected chi connectivity index (χ4v) is 3.90. The van der Waals surface area contributed by atoms with Gasteiger partial charge < -0.3 is 4.57 Å². The maximum Gasteiger partial charge on any atom is 0.163 e. The maximum atomic E-state index is 14.7. The zero-order valence-electron chi connectivity index (χ0n) is 14.8. The monoisotopic (exact) mass is 352 g/mol. The minimum absolute atomic E-state index is 0.303. The lowest BCUT2D eigenvalue weighted by atomic mass is 9.99. The van der Waals surface area contributed by atoms with Crippen molar-refractivity contribution in [1.82, 2.24) is 9.47 Å². The molecule has 3 aromatic rings. The van der Waals surface area contributed by atoms with E-state index in [1.54, 1.807) is 12.1 Å². The molecule has 26 heavy (non-hydrogen) atoms. The molecule has 0 bridgehead atoms. The molecule has 0 unspecified atom stereocenters. The second-order valence-electron chi connectivity index (χ2n) is 6.92. The lowest BCUT2D eigenvalue weighted by Gasteiger charge is -2.31. The van der Waals surface area contributed by atoms with E-state index in [1.807, 2.05) is 30.5 Å². The van der Waals surface area contributed by atoms with Crippen LogP contribution in [0, 0.1) is 18.6 Å². The first-order valence-electron chi connectivity index (χ1n) is 9.02. The van der Waals surface area contributed by atoms with Gasteiger partial charge in [-0.2, -0.15) is 0 Å². The van der Waals surface area contributed by atoms with Crippen LogP contribution in [0.3, 0.4) is 0 Å². The van der Waals surface area contributed by atoms with Crippen LogP contribution in [0.2, 0.25) is 0 Å². The number of fused-ring (bicyclic) bond motifs is 1. The van der Waals surface area contributed by atoms with E-state index in [1.165, 1.54) is 17.2 Å². The van der Waals surface area contributed by atoms with Crippen LogP contribution in [-0.4, -0.2) is 16.0 Å². The molecule has 1 aliphatic heterocycles. The summed E-state index contributed by atoms with van der Waals surface area (Å²) in [6, 6.07) is 16.4. The normalized spacial score (nSPS) is 17.7. The number of nitrogens with zero attached hydrogens (tertiary/aromatic N) is 2. The number of aryl methyl sites for hydroxylation is 2. The van der Waals surface area contributed by atoms with Crippen LogP contribution in [-0.2, 0) is 13.1 Å². The maximum absolute atomic E-state index is 14.7. The Labute approximate surface area is 152 Å². The minimum atomic E-state index is -0.791. The average Bonchev–Trinajstić information content (AvgIpc) is 3.02. The zero-order valence-corrected chi connectivity index (χ0v) is 14.8. The van der Waals surface area contributed by atoms with E-state index in [2.05, 4.69) is 28.5 Å². The van der Waals surface area contributed by atoms with E-state index in [0.29, 0.717) is 12.1 Å². The smallest absolute Gasteiger partial charge is 0.163 e. The van der Waals surface area contributed by atoms with Crippen molar-refractivity contribution in [2.24, 2.45) is 0 Å². The quantitative estimate of drug-likeness (QED) is 0.639. The highest BCUT2D eigenvalue weighted by atomic mass is 19.2. The Morgan fingerprint density at radius 3 is 2.65 bits per heavy atom. The predicted octanol–water partition coefficient (Wildman–Crippen LogP) is 5.07. The molecule has 2 aromatic carbocycles. The van der Waals surface area contributed by atoms with Gasteiger partial charge in [0, 0.05) is 37.1 Å². The van der Waals surface area contributed by atoms with Crippen molar-refractivity contribution >= 4 is 0 Å². The molecule has 1 aromatic heterocycles. The van der Waals surface area contributed by atoms with Crippen LogP contribution in [0.1, 0.15) is 34.8 Å². The van der Waals surface area contributed by atoms with Gasteiger partial charge in [0.05, 0.1) is 6.04 Å². The third-order valence-corrected chi connectivity index (χ3v) is 5.27. The summed E-state index contributed by atoms with van der Waals surface area (Å²) >= 11 is 0. The lowest BCUT2D eigenvalue weighted by Crippen LogP contribution is -2.30. The largest absolute Gasteiger partial charge is 0.350 e. The van der Waals surface area contributed by atoms with Gasteiger partial charge in [-0.05, 0) is 42.7 Å². The number of benzene rings is 2. The van der Waals surface area contributed by atoms with Gasteiger partial charge in [0.2, 0.25) is 0 Å². The molecule has 0 N–H and O–H groups in total. The molecule has 0 fully saturated rings. The van der Waals surface area contributed by atoms with Gasteiger partial charge in [-0.3, -0.25) is 4.90 Å². The number of hydrogen-bond donors (Lipinski definition) is 0. The number of aromatic nitrogens is 1. The van der Waals surface area contributed by atoms with Gasteiger partial charge >= 0.3 is 0 Å². The fourth-order valence-electron chi connectivity index (χ4n) is 3.90. The molecule has 0 radical (unpaired) electrons. The number of halogens is 2. The summed E-state index contributed by atoms with van der Waals surface area (Å²) in [6.45, 7) is 4.52. The molecule has 0 saturated carbocycles. The molecular weight excluding hydrogens is 330 g/mol. The summed E-state index contributed by atoms with van der Waals surface area (Å²) in [5.41, 5.74) is 3.85. The molecule has 2 heterocycles. The summed E-state index contributed by atoms with van der Waals surface area (Å²) in [6.07, 6.45) is 3.00. The first-order chi connectivity index (χ1) is 12.6. The number of hydrogen-bond acceptors (Lipinski definition) is 1. The summed E-state index contributed by atoms with van der Waals surface area (Å²) in [7, 11) is 0. The van der Waals surface area contributed by atoms with Gasteiger partial charge in [0.25, 0.3) is 0 Å². The minimum Gasteiger partial charge on any atom is -0.350 e. The van der Waals surface area contributed by atoms with Crippen molar-refractivity contribution in [1.29, 1.82) is 0 Å². The summed E-state index contributed by atoms with van der Waals surface area (Å²) < 4.78 is 30.8. The Morgan fingerprint density at radius 1 is 0.962 bits per heavy atom. The Kier molecular flexibility index (Phi) is 4.60. The summed E-state index contributed by atoms with van der Waals surface area (Å²) in [5.74, 6) is -1.54. The highest BCUT2D eigenvalue weighted by Gasteiger charge is 2.30. The molecule has 1 aliphatic rings. The van der Waals surface area contributed by atoms with Crippen molar-refractivity contribution in [2.75, 3.05) is 6.54 Å². The standard InChI is InChI=1S/C22H22F2N2/c1-16-7-2-3-8-17(16)15-26-14-6-13-25-12-5-11-20(25)22(26)18-9-4-10-19(23)21(18)24/h2-5,7-12,22H,6,13-15H2,1H3/t22-/m1/s1. The second-order valence-corrected chi connectivity index (χ2v) is 6.92. The van der Waals surface area contributed by atoms with Gasteiger partial charge in [0.1, 0.15) is 0 Å². The van der Waals surface area contributed by atoms with E-state index >= 15 is 0 Å². The third-order valence-electron chi connectivity index (χ3n) is 5.27. The van der Waals surface area contributed by atoms with Crippen LogP contribution >= 0.6 is 0 Å². The van der Waals surface area contributed by atoms with E-state index in [4.69, 9.17) is 0 Å². The van der Waals surface area contributed by atoms with Crippen LogP contribution in [0.5, 0.6) is 0 Å². The van der Waals surface area contributed by atoms with Gasteiger partial charge in [-0.15, -0.1) is 0 Å². The zero-order chi connectivity index (χ0) is 18.1. The molecule has 134 valence electrons. The van der Waals surface area contributed by atoms with Crippen molar-refractivity contribution in [2.45, 2.75) is 32.5 Å². The Bertz CT molecular complexity index is 916. The molecule has 0 spiro atoms. The van der Waals surface area contributed by atoms with Crippen molar-refractivity contribution in [3.05, 3.63) is 94.8 Å². The van der Waals surface area contributed by atoms with Crippen LogP contribution < -0.4 is 0 Å². The second kappa shape index (κ2) is 7.04. The SMILES string of the molecule is Cc1ccccc1CN1CCCn2cccc2[C@H]1c1cccc(F)c1F. The first kappa shape index (κ1) is 17.0. The molecule has 4 heteroatoms. The first-order valence-corrected chi connectivity index (χ1v) is 9.02. The van der Waals surface area contributed by atoms with E-state index in [0.717, 1.165) is 25.2 Å². The van der Waals surface area contributed by atoms with Crippen LogP contribution in [0.15, 0.2) is 60.8 Å². The Hall–Kier alpha value is -2.46. The molecule has 0 saturated heterocycles. The molecule has 1 atom stereocenters. The summed E-state index contributed by atoms with van der Waals surface area (Å²) in [5, 5.41) is 0.